The summed E-state index contributed by atoms with van der Waals surface area (Å²) in [5.74, 6) is -0.411. The van der Waals surface area contributed by atoms with Crippen LogP contribution in [0.5, 0.6) is 0 Å². The Morgan fingerprint density at radius 1 is 0.805 bits per heavy atom. The maximum Gasteiger partial charge on any atom is 0.283 e. The highest BCUT2D eigenvalue weighted by atomic mass is 35.5. The first-order valence-electron chi connectivity index (χ1n) is 13.1. The Balaban J connectivity index is 0.00000337. The van der Waals surface area contributed by atoms with Gasteiger partial charge >= 0.3 is 0 Å². The highest BCUT2D eigenvalue weighted by Crippen LogP contribution is 2.35. The largest absolute Gasteiger partial charge is 0.398 e. The Morgan fingerprint density at radius 2 is 1.49 bits per heavy atom. The first-order chi connectivity index (χ1) is 19.3. The average molecular weight is 561 g/mol. The summed E-state index contributed by atoms with van der Waals surface area (Å²) in [6.07, 6.45) is 0. The lowest BCUT2D eigenvalue weighted by Crippen LogP contribution is -2.23. The number of hydrogen-bond acceptors (Lipinski definition) is 4. The van der Waals surface area contributed by atoms with Crippen molar-refractivity contribution < 1.29 is 4.79 Å². The lowest BCUT2D eigenvalue weighted by molar-refractivity contribution is 0.103. The third-order valence-electron chi connectivity index (χ3n) is 7.36. The minimum atomic E-state index is -0.411. The van der Waals surface area contributed by atoms with Crippen molar-refractivity contribution in [2.75, 3.05) is 5.73 Å². The summed E-state index contributed by atoms with van der Waals surface area (Å²) in [5, 5.41) is 0.985. The van der Waals surface area contributed by atoms with Crippen molar-refractivity contribution in [2.45, 2.75) is 13.8 Å². The zero-order chi connectivity index (χ0) is 28.0. The number of halogens is 1. The molecule has 0 bridgehead atoms. The minimum Gasteiger partial charge on any atom is -0.398 e. The third kappa shape index (κ3) is 4.72. The van der Waals surface area contributed by atoms with Gasteiger partial charge < -0.3 is 5.73 Å². The number of carbonyl (C=O) groups is 1. The van der Waals surface area contributed by atoms with Crippen molar-refractivity contribution >= 4 is 34.8 Å². The number of fused-ring (bicyclic) bond motifs is 1. The van der Waals surface area contributed by atoms with Gasteiger partial charge in [0.05, 0.1) is 22.6 Å². The van der Waals surface area contributed by atoms with E-state index < -0.39 is 11.3 Å². The van der Waals surface area contributed by atoms with E-state index in [1.807, 2.05) is 111 Å². The highest BCUT2D eigenvalue weighted by Gasteiger charge is 2.28. The number of nitrogens with two attached hydrogens (primary N) is 1. The Morgan fingerprint density at radius 3 is 2.20 bits per heavy atom. The van der Waals surface area contributed by atoms with Gasteiger partial charge in [0.2, 0.25) is 5.78 Å². The fourth-order valence-corrected chi connectivity index (χ4v) is 5.42. The number of hydrogen-bond donors (Lipinski definition) is 1. The number of ketones is 1. The van der Waals surface area contributed by atoms with E-state index in [1.54, 1.807) is 17.8 Å². The number of rotatable bonds is 5. The SMILES string of the molecule is Cc1ccc2cc(-c3c(C)ccc(C(=O)c4c(-c5ccccc5)n(C)n(-c5ccccc5)c4=O)c3N)ccc2n1.Cl. The predicted molar refractivity (Wildman–Crippen MR) is 168 cm³/mol. The van der Waals surface area contributed by atoms with Crippen LogP contribution in [0.1, 0.15) is 27.2 Å². The van der Waals surface area contributed by atoms with Crippen molar-refractivity contribution in [3.63, 3.8) is 0 Å². The number of anilines is 1. The van der Waals surface area contributed by atoms with Gasteiger partial charge in [-0.2, -0.15) is 0 Å². The zero-order valence-corrected chi connectivity index (χ0v) is 23.8. The van der Waals surface area contributed by atoms with E-state index in [2.05, 4.69) is 4.98 Å². The van der Waals surface area contributed by atoms with Gasteiger partial charge in [0.1, 0.15) is 5.56 Å². The fraction of sp³-hybridized carbons (Fsp3) is 0.0882. The molecule has 41 heavy (non-hydrogen) atoms. The molecule has 6 rings (SSSR count). The second kappa shape index (κ2) is 10.9. The van der Waals surface area contributed by atoms with Crippen LogP contribution in [0, 0.1) is 13.8 Å². The van der Waals surface area contributed by atoms with E-state index in [1.165, 1.54) is 4.68 Å². The standard InChI is InChI=1S/C34H28N4O2.ClH/c1-21-14-18-27(31(35)29(21)25-17-19-28-24(20-25)16-15-22(2)36-28)33(39)30-32(23-10-6-4-7-11-23)37(3)38(34(30)40)26-12-8-5-9-13-26;/h4-20H,35H2,1-3H3;1H. The number of benzene rings is 4. The van der Waals surface area contributed by atoms with Crippen LogP contribution < -0.4 is 11.3 Å². The van der Waals surface area contributed by atoms with Crippen LogP contribution in [-0.4, -0.2) is 20.1 Å². The number of pyridine rings is 1. The number of para-hydroxylation sites is 1. The van der Waals surface area contributed by atoms with Crippen molar-refractivity contribution in [3.05, 3.63) is 136 Å². The van der Waals surface area contributed by atoms with Crippen molar-refractivity contribution in [1.29, 1.82) is 0 Å². The molecule has 0 atom stereocenters. The molecule has 2 aromatic heterocycles. The second-order valence-electron chi connectivity index (χ2n) is 9.97. The van der Waals surface area contributed by atoms with Gasteiger partial charge in [-0.3, -0.25) is 19.3 Å². The Hall–Kier alpha value is -4.94. The smallest absolute Gasteiger partial charge is 0.283 e. The normalized spacial score (nSPS) is 10.9. The molecule has 6 aromatic rings. The number of aromatic nitrogens is 3. The molecule has 0 fully saturated rings. The Bertz CT molecular complexity index is 1980. The molecule has 4 aromatic carbocycles. The average Bonchev–Trinajstić information content (AvgIpc) is 3.23. The first kappa shape index (κ1) is 27.6. The summed E-state index contributed by atoms with van der Waals surface area (Å²) in [6.45, 7) is 3.93. The van der Waals surface area contributed by atoms with E-state index in [0.717, 1.165) is 38.9 Å². The highest BCUT2D eigenvalue weighted by molar-refractivity contribution is 6.16. The van der Waals surface area contributed by atoms with Crippen LogP contribution in [-0.2, 0) is 7.05 Å². The molecule has 204 valence electrons. The number of carbonyl (C=O) groups excluding carboxylic acids is 1. The van der Waals surface area contributed by atoms with E-state index in [-0.39, 0.29) is 18.0 Å². The Kier molecular flexibility index (Phi) is 7.35. The number of nitrogens with zero attached hydrogens (tertiary/aromatic N) is 3. The Labute approximate surface area is 244 Å². The molecule has 0 unspecified atom stereocenters. The van der Waals surface area contributed by atoms with Gasteiger partial charge in [0.25, 0.3) is 5.56 Å². The number of aryl methyl sites for hydroxylation is 2. The fourth-order valence-electron chi connectivity index (χ4n) is 5.42. The van der Waals surface area contributed by atoms with E-state index in [0.29, 0.717) is 22.6 Å². The quantitative estimate of drug-likeness (QED) is 0.183. The van der Waals surface area contributed by atoms with Crippen molar-refractivity contribution in [2.24, 2.45) is 7.05 Å². The molecule has 0 saturated heterocycles. The van der Waals surface area contributed by atoms with Gasteiger partial charge in [-0.05, 0) is 61.4 Å². The van der Waals surface area contributed by atoms with Gasteiger partial charge in [-0.25, -0.2) is 4.68 Å². The summed E-state index contributed by atoms with van der Waals surface area (Å²) >= 11 is 0. The molecule has 0 saturated carbocycles. The first-order valence-corrected chi connectivity index (χ1v) is 13.1. The molecule has 0 aliphatic rings. The van der Waals surface area contributed by atoms with Gasteiger partial charge in [-0.1, -0.05) is 66.7 Å². The molecule has 0 amide bonds. The molecular formula is C34H29ClN4O2. The summed E-state index contributed by atoms with van der Waals surface area (Å²) in [5.41, 5.74) is 13.5. The van der Waals surface area contributed by atoms with Crippen LogP contribution >= 0.6 is 12.4 Å². The maximum atomic E-state index is 14.3. The summed E-state index contributed by atoms with van der Waals surface area (Å²) in [7, 11) is 1.79. The van der Waals surface area contributed by atoms with Crippen LogP contribution in [0.3, 0.4) is 0 Å². The van der Waals surface area contributed by atoms with Crippen LogP contribution in [0.4, 0.5) is 5.69 Å². The van der Waals surface area contributed by atoms with Crippen molar-refractivity contribution in [3.8, 4) is 28.1 Å². The van der Waals surface area contributed by atoms with Gasteiger partial charge in [-0.15, -0.1) is 12.4 Å². The van der Waals surface area contributed by atoms with E-state index in [9.17, 15) is 9.59 Å². The molecule has 0 radical (unpaired) electrons. The topological polar surface area (TPSA) is 82.9 Å². The van der Waals surface area contributed by atoms with E-state index in [4.69, 9.17) is 5.73 Å². The van der Waals surface area contributed by atoms with Gasteiger partial charge in [0.15, 0.2) is 0 Å². The molecule has 7 heteroatoms. The molecule has 6 nitrogen and oxygen atoms in total. The van der Waals surface area contributed by atoms with Crippen LogP contribution in [0.25, 0.3) is 39.0 Å². The monoisotopic (exact) mass is 560 g/mol. The van der Waals surface area contributed by atoms with Crippen LogP contribution in [0.15, 0.2) is 108 Å². The molecule has 0 aliphatic carbocycles. The molecule has 2 N–H and O–H groups in total. The molecular weight excluding hydrogens is 532 g/mol. The zero-order valence-electron chi connectivity index (χ0n) is 23.0. The third-order valence-corrected chi connectivity index (χ3v) is 7.36. The van der Waals surface area contributed by atoms with E-state index >= 15 is 0 Å². The predicted octanol–water partition coefficient (Wildman–Crippen LogP) is 6.91. The molecule has 0 spiro atoms. The van der Waals surface area contributed by atoms with Crippen LogP contribution in [0.2, 0.25) is 0 Å². The summed E-state index contributed by atoms with van der Waals surface area (Å²) in [4.78, 5) is 32.9. The summed E-state index contributed by atoms with van der Waals surface area (Å²) in [6, 6.07) is 32.4. The lowest BCUT2D eigenvalue weighted by atomic mass is 9.91. The lowest BCUT2D eigenvalue weighted by Gasteiger charge is -2.15. The summed E-state index contributed by atoms with van der Waals surface area (Å²) < 4.78 is 3.27. The minimum absolute atomic E-state index is 0. The van der Waals surface area contributed by atoms with Gasteiger partial charge in [0, 0.05) is 34.8 Å². The molecule has 2 heterocycles. The maximum absolute atomic E-state index is 14.3. The number of nitrogen functional groups attached to an aromatic ring is 1. The second-order valence-corrected chi connectivity index (χ2v) is 9.97. The van der Waals surface area contributed by atoms with Crippen molar-refractivity contribution in [1.82, 2.24) is 14.3 Å². The molecule has 0 aliphatic heterocycles.